The lowest BCUT2D eigenvalue weighted by molar-refractivity contribution is -0.155. The van der Waals surface area contributed by atoms with Gasteiger partial charge in [-0.3, -0.25) is 21.0 Å². The Hall–Kier alpha value is -2.17. The Morgan fingerprint density at radius 2 is 1.58 bits per heavy atom. The van der Waals surface area contributed by atoms with Gasteiger partial charge in [-0.05, 0) is 46.0 Å². The summed E-state index contributed by atoms with van der Waals surface area (Å²) in [7, 11) is 0. The van der Waals surface area contributed by atoms with Crippen LogP contribution in [0.5, 0.6) is 0 Å². The fraction of sp³-hybridized carbons (Fsp3) is 0.808. The van der Waals surface area contributed by atoms with E-state index in [9.17, 15) is 9.90 Å². The number of hydrogen-bond donors (Lipinski definition) is 5. The molecule has 8 N–H and O–H groups in total. The summed E-state index contributed by atoms with van der Waals surface area (Å²) in [5.41, 5.74) is 16.6. The number of aliphatic hydroxyl groups excluding tert-OH is 1. The van der Waals surface area contributed by atoms with Crippen molar-refractivity contribution in [2.24, 2.45) is 32.6 Å². The number of esters is 1. The van der Waals surface area contributed by atoms with Crippen molar-refractivity contribution < 1.29 is 19.4 Å². The number of rotatable bonds is 16. The van der Waals surface area contributed by atoms with Crippen molar-refractivity contribution in [3.05, 3.63) is 12.2 Å². The lowest BCUT2D eigenvalue weighted by Crippen LogP contribution is -2.43. The highest BCUT2D eigenvalue weighted by atomic mass is 16.6. The largest absolute Gasteiger partial charge is 0.441 e. The Bertz CT molecular complexity index is 741. The number of nitrogens with one attached hydrogen (secondary N) is 1. The number of aliphatic hydroxyl groups is 1. The van der Waals surface area contributed by atoms with Crippen LogP contribution in [-0.2, 0) is 14.3 Å². The van der Waals surface area contributed by atoms with Gasteiger partial charge in [0.15, 0.2) is 17.6 Å². The number of guanidine groups is 2. The number of carbonyl (C=O) groups is 1. The highest BCUT2D eigenvalue weighted by Gasteiger charge is 2.27. The number of aliphatic imine (C=N–C) groups is 2. The summed E-state index contributed by atoms with van der Waals surface area (Å²) in [6.45, 7) is 18.1. The molecule has 0 aromatic carbocycles. The molecule has 2 atom stereocenters. The second-order valence-corrected chi connectivity index (χ2v) is 11.5. The molecule has 10 nitrogen and oxygen atoms in total. The van der Waals surface area contributed by atoms with Gasteiger partial charge in [-0.1, -0.05) is 46.6 Å². The summed E-state index contributed by atoms with van der Waals surface area (Å²) in [6.07, 6.45) is 5.55. The van der Waals surface area contributed by atoms with Gasteiger partial charge in [0.05, 0.1) is 24.9 Å². The standard InChI is InChI=1S/C26H52N6O4/c1-19(2)21(34)36-26(8,29)14-16-35-25(6,7)17-20(33)18-31-23(28)32-22(27)30-15-12-10-9-11-13-24(3,4)5/h20,33H,1,9-18,29H2,2-8H3,(H5,27,28,30,31,32). The molecule has 0 aliphatic heterocycles. The van der Waals surface area contributed by atoms with E-state index in [4.69, 9.17) is 26.7 Å². The van der Waals surface area contributed by atoms with Crippen molar-refractivity contribution in [1.82, 2.24) is 5.32 Å². The lowest BCUT2D eigenvalue weighted by atomic mass is 9.89. The quantitative estimate of drug-likeness (QED) is 0.0524. The van der Waals surface area contributed by atoms with Crippen LogP contribution in [0.3, 0.4) is 0 Å². The molecule has 0 radical (unpaired) electrons. The fourth-order valence-electron chi connectivity index (χ4n) is 3.30. The predicted octanol–water partition coefficient (Wildman–Crippen LogP) is 2.93. The first-order chi connectivity index (χ1) is 16.4. The van der Waals surface area contributed by atoms with E-state index in [-0.39, 0.29) is 37.1 Å². The summed E-state index contributed by atoms with van der Waals surface area (Å²) in [5.74, 6) is -0.241. The van der Waals surface area contributed by atoms with E-state index in [1.165, 1.54) is 19.3 Å². The van der Waals surface area contributed by atoms with Crippen LogP contribution in [0.4, 0.5) is 0 Å². The lowest BCUT2D eigenvalue weighted by Gasteiger charge is -2.30. The third-order valence-corrected chi connectivity index (χ3v) is 5.34. The molecule has 0 saturated heterocycles. The summed E-state index contributed by atoms with van der Waals surface area (Å²) < 4.78 is 11.1. The van der Waals surface area contributed by atoms with Gasteiger partial charge in [0.1, 0.15) is 0 Å². The first-order valence-corrected chi connectivity index (χ1v) is 12.8. The summed E-state index contributed by atoms with van der Waals surface area (Å²) in [6, 6.07) is 0. The van der Waals surface area contributed by atoms with E-state index < -0.39 is 23.4 Å². The van der Waals surface area contributed by atoms with Gasteiger partial charge >= 0.3 is 5.97 Å². The van der Waals surface area contributed by atoms with Crippen molar-refractivity contribution in [2.45, 2.75) is 111 Å². The Labute approximate surface area is 218 Å². The molecule has 2 unspecified atom stereocenters. The maximum absolute atomic E-state index is 11.7. The zero-order valence-electron chi connectivity index (χ0n) is 23.7. The summed E-state index contributed by atoms with van der Waals surface area (Å²) in [5, 5.41) is 13.1. The number of nitrogens with zero attached hydrogens (tertiary/aromatic N) is 2. The van der Waals surface area contributed by atoms with Gasteiger partial charge in [-0.2, -0.15) is 0 Å². The normalized spacial score (nSPS) is 15.8. The molecule has 0 amide bonds. The monoisotopic (exact) mass is 512 g/mol. The van der Waals surface area contributed by atoms with E-state index in [0.29, 0.717) is 18.4 Å². The van der Waals surface area contributed by atoms with Crippen LogP contribution >= 0.6 is 0 Å². The van der Waals surface area contributed by atoms with Gasteiger partial charge < -0.3 is 26.0 Å². The zero-order valence-corrected chi connectivity index (χ0v) is 23.7. The van der Waals surface area contributed by atoms with Gasteiger partial charge in [0.2, 0.25) is 0 Å². The molecule has 0 bridgehead atoms. The van der Waals surface area contributed by atoms with E-state index in [0.717, 1.165) is 12.8 Å². The van der Waals surface area contributed by atoms with E-state index >= 15 is 0 Å². The van der Waals surface area contributed by atoms with Gasteiger partial charge in [-0.25, -0.2) is 4.79 Å². The zero-order chi connectivity index (χ0) is 28.0. The second-order valence-electron chi connectivity index (χ2n) is 11.5. The van der Waals surface area contributed by atoms with Crippen molar-refractivity contribution in [3.8, 4) is 0 Å². The highest BCUT2D eigenvalue weighted by molar-refractivity contribution is 5.97. The number of carbonyl (C=O) groups excluding carboxylic acids is 1. The topological polar surface area (TPSA) is 171 Å². The van der Waals surface area contributed by atoms with Crippen LogP contribution in [0.1, 0.15) is 93.4 Å². The van der Waals surface area contributed by atoms with Crippen molar-refractivity contribution in [2.75, 3.05) is 19.7 Å². The van der Waals surface area contributed by atoms with Crippen LogP contribution in [0.15, 0.2) is 22.1 Å². The molecule has 0 aromatic rings. The molecule has 0 fully saturated rings. The molecule has 0 aromatic heterocycles. The Balaban J connectivity index is 4.30. The Morgan fingerprint density at radius 3 is 2.17 bits per heavy atom. The molecule has 0 heterocycles. The Kier molecular flexibility index (Phi) is 14.9. The van der Waals surface area contributed by atoms with Crippen molar-refractivity contribution >= 4 is 17.9 Å². The van der Waals surface area contributed by atoms with E-state index in [2.05, 4.69) is 42.7 Å². The van der Waals surface area contributed by atoms with E-state index in [1.807, 2.05) is 13.8 Å². The van der Waals surface area contributed by atoms with Gasteiger partial charge in [0, 0.05) is 25.0 Å². The molecule has 0 aliphatic rings. The molecule has 36 heavy (non-hydrogen) atoms. The van der Waals surface area contributed by atoms with Crippen LogP contribution in [0.25, 0.3) is 0 Å². The highest BCUT2D eigenvalue weighted by Crippen LogP contribution is 2.22. The molecule has 0 rings (SSSR count). The average molecular weight is 513 g/mol. The minimum atomic E-state index is -1.18. The minimum absolute atomic E-state index is 0.0809. The minimum Gasteiger partial charge on any atom is -0.441 e. The number of nitrogens with two attached hydrogens (primary N) is 3. The third kappa shape index (κ3) is 19.1. The van der Waals surface area contributed by atoms with Crippen molar-refractivity contribution in [3.63, 3.8) is 0 Å². The molecule has 10 heteroatoms. The smallest absolute Gasteiger partial charge is 0.334 e. The molecule has 0 saturated carbocycles. The first-order valence-electron chi connectivity index (χ1n) is 12.8. The second kappa shape index (κ2) is 15.8. The Morgan fingerprint density at radius 1 is 1.00 bits per heavy atom. The number of unbranched alkanes of at least 4 members (excludes halogenated alkanes) is 3. The van der Waals surface area contributed by atoms with Crippen LogP contribution in [0, 0.1) is 5.41 Å². The first kappa shape index (κ1) is 33.8. The number of hydrogen-bond acceptors (Lipinski definition) is 7. The van der Waals surface area contributed by atoms with Crippen molar-refractivity contribution in [1.29, 1.82) is 0 Å². The molecular weight excluding hydrogens is 460 g/mol. The molecule has 0 spiro atoms. The molecular formula is C26H52N6O4. The fourth-order valence-corrected chi connectivity index (χ4v) is 3.30. The third-order valence-electron chi connectivity index (χ3n) is 5.34. The average Bonchev–Trinajstić information content (AvgIpc) is 2.69. The SMILES string of the molecule is C=C(C)C(=O)OC(C)(N)CCOC(C)(C)CC(O)CN=C(N)NC(N)=NCCCCCCC(C)(C)C. The van der Waals surface area contributed by atoms with Gasteiger partial charge in [-0.15, -0.1) is 0 Å². The van der Waals surface area contributed by atoms with E-state index in [1.54, 1.807) is 13.8 Å². The maximum Gasteiger partial charge on any atom is 0.334 e. The predicted molar refractivity (Wildman–Crippen MR) is 147 cm³/mol. The van der Waals surface area contributed by atoms with Gasteiger partial charge in [0.25, 0.3) is 0 Å². The molecule has 0 aliphatic carbocycles. The number of ether oxygens (including phenoxy) is 2. The summed E-state index contributed by atoms with van der Waals surface area (Å²) in [4.78, 5) is 20.1. The van der Waals surface area contributed by atoms with Crippen LogP contribution in [-0.4, -0.2) is 60.1 Å². The molecule has 210 valence electrons. The summed E-state index contributed by atoms with van der Waals surface area (Å²) >= 11 is 0. The maximum atomic E-state index is 11.7. The van der Waals surface area contributed by atoms with Crippen LogP contribution < -0.4 is 22.5 Å². The van der Waals surface area contributed by atoms with Crippen LogP contribution in [0.2, 0.25) is 0 Å².